The second kappa shape index (κ2) is 5.02. The van der Waals surface area contributed by atoms with E-state index < -0.39 is 11.4 Å². The highest BCUT2D eigenvalue weighted by molar-refractivity contribution is 5.32. The minimum atomic E-state index is -0.920. The molecule has 1 aromatic carbocycles. The van der Waals surface area contributed by atoms with Crippen LogP contribution in [0.4, 0.5) is 4.39 Å². The monoisotopic (exact) mass is 239 g/mol. The Morgan fingerprint density at radius 1 is 1.35 bits per heavy atom. The molecule has 2 N–H and O–H groups in total. The van der Waals surface area contributed by atoms with E-state index in [-0.39, 0.29) is 5.75 Å². The van der Waals surface area contributed by atoms with Gasteiger partial charge in [0.15, 0.2) is 11.6 Å². The maximum atomic E-state index is 13.6. The Labute approximate surface area is 101 Å². The zero-order chi connectivity index (χ0) is 12.3. The summed E-state index contributed by atoms with van der Waals surface area (Å²) in [5.74, 6) is -0.209. The standard InChI is InChI=1S/C13H18FNO2/c1-17-12-4-3-10(9-11(12)14)13(16)5-2-7-15-8-6-13/h3-4,9,15-16H,2,5-8H2,1H3. The number of rotatable bonds is 2. The smallest absolute Gasteiger partial charge is 0.165 e. The summed E-state index contributed by atoms with van der Waals surface area (Å²) in [5, 5.41) is 13.8. The Hall–Kier alpha value is -1.13. The molecule has 0 saturated carbocycles. The van der Waals surface area contributed by atoms with E-state index in [2.05, 4.69) is 5.32 Å². The van der Waals surface area contributed by atoms with Gasteiger partial charge in [0.25, 0.3) is 0 Å². The highest BCUT2D eigenvalue weighted by Crippen LogP contribution is 2.33. The highest BCUT2D eigenvalue weighted by Gasteiger charge is 2.30. The quantitative estimate of drug-likeness (QED) is 0.827. The summed E-state index contributed by atoms with van der Waals surface area (Å²) in [6.45, 7) is 1.66. The third kappa shape index (κ3) is 2.58. The van der Waals surface area contributed by atoms with Crippen molar-refractivity contribution in [2.45, 2.75) is 24.9 Å². The molecule has 0 bridgehead atoms. The zero-order valence-corrected chi connectivity index (χ0v) is 10.0. The topological polar surface area (TPSA) is 41.5 Å². The average molecular weight is 239 g/mol. The van der Waals surface area contributed by atoms with E-state index in [4.69, 9.17) is 4.74 Å². The highest BCUT2D eigenvalue weighted by atomic mass is 19.1. The lowest BCUT2D eigenvalue weighted by atomic mass is 9.87. The van der Waals surface area contributed by atoms with Gasteiger partial charge in [-0.1, -0.05) is 6.07 Å². The molecule has 0 radical (unpaired) electrons. The summed E-state index contributed by atoms with van der Waals surface area (Å²) in [7, 11) is 1.43. The van der Waals surface area contributed by atoms with Crippen molar-refractivity contribution in [1.82, 2.24) is 5.32 Å². The summed E-state index contributed by atoms with van der Waals surface area (Å²) >= 11 is 0. The molecule has 1 fully saturated rings. The van der Waals surface area contributed by atoms with Crippen molar-refractivity contribution < 1.29 is 14.2 Å². The fraction of sp³-hybridized carbons (Fsp3) is 0.538. The third-order valence-electron chi connectivity index (χ3n) is 3.35. The molecule has 1 aliphatic heterocycles. The van der Waals surface area contributed by atoms with Crippen molar-refractivity contribution in [1.29, 1.82) is 0 Å². The van der Waals surface area contributed by atoms with E-state index in [1.54, 1.807) is 12.1 Å². The molecule has 1 saturated heterocycles. The summed E-state index contributed by atoms with van der Waals surface area (Å²) in [6, 6.07) is 4.69. The van der Waals surface area contributed by atoms with Gasteiger partial charge in [-0.05, 0) is 50.0 Å². The molecule has 0 aromatic heterocycles. The van der Waals surface area contributed by atoms with Gasteiger partial charge in [-0.15, -0.1) is 0 Å². The number of hydrogen-bond donors (Lipinski definition) is 2. The van der Waals surface area contributed by atoms with Crippen LogP contribution in [0.5, 0.6) is 5.75 Å². The number of halogens is 1. The van der Waals surface area contributed by atoms with E-state index in [1.807, 2.05) is 0 Å². The molecule has 1 heterocycles. The minimum absolute atomic E-state index is 0.212. The van der Waals surface area contributed by atoms with Crippen molar-refractivity contribution in [2.75, 3.05) is 20.2 Å². The van der Waals surface area contributed by atoms with Crippen LogP contribution in [0.1, 0.15) is 24.8 Å². The predicted octanol–water partition coefficient (Wildman–Crippen LogP) is 1.80. The summed E-state index contributed by atoms with van der Waals surface area (Å²) in [6.07, 6.45) is 2.16. The molecule has 94 valence electrons. The predicted molar refractivity (Wildman–Crippen MR) is 63.6 cm³/mol. The first kappa shape index (κ1) is 12.3. The van der Waals surface area contributed by atoms with Gasteiger partial charge in [0.2, 0.25) is 0 Å². The lowest BCUT2D eigenvalue weighted by Crippen LogP contribution is -2.27. The largest absolute Gasteiger partial charge is 0.494 e. The first-order valence-electron chi connectivity index (χ1n) is 5.93. The minimum Gasteiger partial charge on any atom is -0.494 e. The van der Waals surface area contributed by atoms with E-state index in [0.29, 0.717) is 18.4 Å². The first-order chi connectivity index (χ1) is 8.15. The van der Waals surface area contributed by atoms with E-state index in [0.717, 1.165) is 19.5 Å². The molecule has 0 spiro atoms. The van der Waals surface area contributed by atoms with Crippen LogP contribution in [0.15, 0.2) is 18.2 Å². The van der Waals surface area contributed by atoms with Crippen molar-refractivity contribution in [3.05, 3.63) is 29.6 Å². The molecule has 17 heavy (non-hydrogen) atoms. The maximum Gasteiger partial charge on any atom is 0.165 e. The van der Waals surface area contributed by atoms with Gasteiger partial charge < -0.3 is 15.2 Å². The molecule has 3 nitrogen and oxygen atoms in total. The Balaban J connectivity index is 2.28. The molecule has 1 aromatic rings. The number of ether oxygens (including phenoxy) is 1. The SMILES string of the molecule is COc1ccc(C2(O)CCCNCC2)cc1F. The van der Waals surface area contributed by atoms with Crippen molar-refractivity contribution in [2.24, 2.45) is 0 Å². The van der Waals surface area contributed by atoms with Crippen molar-refractivity contribution >= 4 is 0 Å². The number of hydrogen-bond acceptors (Lipinski definition) is 3. The van der Waals surface area contributed by atoms with E-state index in [9.17, 15) is 9.50 Å². The second-order valence-corrected chi connectivity index (χ2v) is 4.48. The van der Waals surface area contributed by atoms with Gasteiger partial charge >= 0.3 is 0 Å². The second-order valence-electron chi connectivity index (χ2n) is 4.48. The van der Waals surface area contributed by atoms with Crippen LogP contribution in [0.2, 0.25) is 0 Å². The molecule has 2 rings (SSSR count). The van der Waals surface area contributed by atoms with Gasteiger partial charge in [-0.3, -0.25) is 0 Å². The lowest BCUT2D eigenvalue weighted by Gasteiger charge is -2.27. The molecular weight excluding hydrogens is 221 g/mol. The summed E-state index contributed by atoms with van der Waals surface area (Å²) < 4.78 is 18.5. The normalized spacial score (nSPS) is 25.4. The molecule has 0 aliphatic carbocycles. The van der Waals surface area contributed by atoms with Gasteiger partial charge in [-0.25, -0.2) is 4.39 Å². The van der Waals surface area contributed by atoms with Crippen molar-refractivity contribution in [3.63, 3.8) is 0 Å². The maximum absolute atomic E-state index is 13.6. The molecule has 0 amide bonds. The van der Waals surface area contributed by atoms with Crippen molar-refractivity contribution in [3.8, 4) is 5.75 Å². The van der Waals surface area contributed by atoms with Crippen LogP contribution in [-0.4, -0.2) is 25.3 Å². The first-order valence-corrected chi connectivity index (χ1v) is 5.93. The van der Waals surface area contributed by atoms with Gasteiger partial charge in [-0.2, -0.15) is 0 Å². The van der Waals surface area contributed by atoms with E-state index in [1.165, 1.54) is 13.2 Å². The van der Waals surface area contributed by atoms with Gasteiger partial charge in [0.05, 0.1) is 12.7 Å². The zero-order valence-electron chi connectivity index (χ0n) is 10.0. The Morgan fingerprint density at radius 2 is 2.18 bits per heavy atom. The molecule has 4 heteroatoms. The average Bonchev–Trinajstić information content (AvgIpc) is 2.55. The van der Waals surface area contributed by atoms with Crippen LogP contribution >= 0.6 is 0 Å². The summed E-state index contributed by atoms with van der Waals surface area (Å²) in [5.41, 5.74) is -0.282. The molecule has 1 unspecified atom stereocenters. The Morgan fingerprint density at radius 3 is 2.88 bits per heavy atom. The number of methoxy groups -OCH3 is 1. The lowest BCUT2D eigenvalue weighted by molar-refractivity contribution is 0.0237. The molecule has 1 atom stereocenters. The summed E-state index contributed by atoms with van der Waals surface area (Å²) in [4.78, 5) is 0. The van der Waals surface area contributed by atoms with E-state index >= 15 is 0 Å². The number of benzene rings is 1. The van der Waals surface area contributed by atoms with Crippen LogP contribution in [0, 0.1) is 5.82 Å². The molecular formula is C13H18FNO2. The van der Waals surface area contributed by atoms with Gasteiger partial charge in [0.1, 0.15) is 0 Å². The number of nitrogens with one attached hydrogen (secondary N) is 1. The third-order valence-corrected chi connectivity index (χ3v) is 3.35. The fourth-order valence-corrected chi connectivity index (χ4v) is 2.30. The fourth-order valence-electron chi connectivity index (χ4n) is 2.30. The van der Waals surface area contributed by atoms with Crippen LogP contribution in [0.25, 0.3) is 0 Å². The van der Waals surface area contributed by atoms with Gasteiger partial charge in [0, 0.05) is 0 Å². The van der Waals surface area contributed by atoms with Crippen LogP contribution in [0.3, 0.4) is 0 Å². The van der Waals surface area contributed by atoms with Crippen LogP contribution in [-0.2, 0) is 5.60 Å². The van der Waals surface area contributed by atoms with Crippen LogP contribution < -0.4 is 10.1 Å². The molecule has 1 aliphatic rings. The Kier molecular flexibility index (Phi) is 3.64. The number of aliphatic hydroxyl groups is 1. The Bertz CT molecular complexity index is 387.